The normalized spacial score (nSPS) is 10.9. The topological polar surface area (TPSA) is 93.2 Å². The van der Waals surface area contributed by atoms with E-state index in [2.05, 4.69) is 25.3 Å². The monoisotopic (exact) mass is 308 g/mol. The van der Waals surface area contributed by atoms with Gasteiger partial charge < -0.3 is 15.4 Å². The minimum Gasteiger partial charge on any atom is -0.469 e. The summed E-state index contributed by atoms with van der Waals surface area (Å²) in [4.78, 5) is 31.2. The molecular weight excluding hydrogens is 284 g/mol. The number of esters is 1. The van der Waals surface area contributed by atoms with Crippen molar-refractivity contribution in [3.05, 3.63) is 18.5 Å². The first-order valence-corrected chi connectivity index (χ1v) is 7.27. The minimum atomic E-state index is -0.409. The molecule has 1 aromatic heterocycles. The highest BCUT2D eigenvalue weighted by Crippen LogP contribution is 2.25. The highest BCUT2D eigenvalue weighted by atomic mass is 16.5. The van der Waals surface area contributed by atoms with Gasteiger partial charge >= 0.3 is 5.97 Å². The van der Waals surface area contributed by atoms with Gasteiger partial charge in [0.05, 0.1) is 13.5 Å². The molecule has 0 atom stereocenters. The van der Waals surface area contributed by atoms with Gasteiger partial charge in [0.25, 0.3) is 0 Å². The number of carbonyl (C=O) groups excluding carboxylic acids is 2. The predicted molar refractivity (Wildman–Crippen MR) is 83.2 cm³/mol. The van der Waals surface area contributed by atoms with Gasteiger partial charge in [-0.1, -0.05) is 13.8 Å². The molecule has 0 aromatic carbocycles. The zero-order chi connectivity index (χ0) is 16.4. The van der Waals surface area contributed by atoms with Crippen molar-refractivity contribution in [1.29, 1.82) is 0 Å². The molecule has 0 spiro atoms. The number of anilines is 1. The standard InChI is InChI=1S/C15H24N4O3/c1-15(2,11-13(21)22-3)10-12(20)16-6-4-7-17-14-18-8-5-9-19-14/h5,8-9H,4,6-7,10-11H2,1-3H3,(H,16,20)(H,17,18,19). The fourth-order valence-corrected chi connectivity index (χ4v) is 1.93. The number of nitrogens with zero attached hydrogens (tertiary/aromatic N) is 2. The third kappa shape index (κ3) is 7.56. The summed E-state index contributed by atoms with van der Waals surface area (Å²) in [6.07, 6.45) is 4.61. The van der Waals surface area contributed by atoms with Crippen molar-refractivity contribution in [1.82, 2.24) is 15.3 Å². The SMILES string of the molecule is COC(=O)CC(C)(C)CC(=O)NCCCNc1ncccn1. The van der Waals surface area contributed by atoms with E-state index in [1.54, 1.807) is 18.5 Å². The molecule has 7 nitrogen and oxygen atoms in total. The van der Waals surface area contributed by atoms with Crippen LogP contribution in [0, 0.1) is 5.41 Å². The first kappa shape index (κ1) is 17.9. The van der Waals surface area contributed by atoms with Crippen LogP contribution >= 0.6 is 0 Å². The highest BCUT2D eigenvalue weighted by Gasteiger charge is 2.25. The Morgan fingerprint density at radius 2 is 1.86 bits per heavy atom. The molecule has 122 valence electrons. The molecule has 0 saturated carbocycles. The quantitative estimate of drug-likeness (QED) is 0.529. The largest absolute Gasteiger partial charge is 0.469 e. The lowest BCUT2D eigenvalue weighted by atomic mass is 9.85. The van der Waals surface area contributed by atoms with Crippen molar-refractivity contribution in [3.63, 3.8) is 0 Å². The van der Waals surface area contributed by atoms with Gasteiger partial charge in [-0.05, 0) is 17.9 Å². The molecule has 1 heterocycles. The third-order valence-electron chi connectivity index (χ3n) is 3.01. The summed E-state index contributed by atoms with van der Waals surface area (Å²) in [5.41, 5.74) is -0.409. The average Bonchev–Trinajstić information content (AvgIpc) is 2.46. The number of carbonyl (C=O) groups is 2. The van der Waals surface area contributed by atoms with Crippen LogP contribution in [0.5, 0.6) is 0 Å². The van der Waals surface area contributed by atoms with Crippen molar-refractivity contribution in [2.75, 3.05) is 25.5 Å². The Morgan fingerprint density at radius 3 is 2.50 bits per heavy atom. The maximum atomic E-state index is 11.9. The van der Waals surface area contributed by atoms with E-state index in [1.165, 1.54) is 7.11 Å². The average molecular weight is 308 g/mol. The summed E-state index contributed by atoms with van der Waals surface area (Å²) in [5, 5.41) is 5.91. The summed E-state index contributed by atoms with van der Waals surface area (Å²) in [6.45, 7) is 4.98. The van der Waals surface area contributed by atoms with E-state index in [4.69, 9.17) is 0 Å². The van der Waals surface area contributed by atoms with Crippen LogP contribution in [-0.2, 0) is 14.3 Å². The van der Waals surface area contributed by atoms with Gasteiger partial charge in [0.1, 0.15) is 0 Å². The van der Waals surface area contributed by atoms with Crippen LogP contribution in [0.25, 0.3) is 0 Å². The number of rotatable bonds is 9. The Hall–Kier alpha value is -2.18. The minimum absolute atomic E-state index is 0.0649. The van der Waals surface area contributed by atoms with Gasteiger partial charge in [-0.25, -0.2) is 9.97 Å². The Labute approximate surface area is 130 Å². The molecule has 22 heavy (non-hydrogen) atoms. The van der Waals surface area contributed by atoms with E-state index in [9.17, 15) is 9.59 Å². The molecule has 1 amide bonds. The van der Waals surface area contributed by atoms with Crippen molar-refractivity contribution < 1.29 is 14.3 Å². The van der Waals surface area contributed by atoms with Crippen molar-refractivity contribution >= 4 is 17.8 Å². The van der Waals surface area contributed by atoms with Gasteiger partial charge in [0, 0.05) is 31.9 Å². The highest BCUT2D eigenvalue weighted by molar-refractivity contribution is 5.78. The molecule has 0 aliphatic carbocycles. The molecular formula is C15H24N4O3. The van der Waals surface area contributed by atoms with E-state index in [-0.39, 0.29) is 24.7 Å². The van der Waals surface area contributed by atoms with Gasteiger partial charge in [0.2, 0.25) is 11.9 Å². The van der Waals surface area contributed by atoms with Gasteiger partial charge in [-0.3, -0.25) is 9.59 Å². The van der Waals surface area contributed by atoms with E-state index in [0.29, 0.717) is 19.0 Å². The molecule has 0 aliphatic heterocycles. The zero-order valence-electron chi connectivity index (χ0n) is 13.4. The van der Waals surface area contributed by atoms with E-state index >= 15 is 0 Å². The number of methoxy groups -OCH3 is 1. The number of hydrogen-bond donors (Lipinski definition) is 2. The second-order valence-electron chi connectivity index (χ2n) is 5.80. The molecule has 7 heteroatoms. The third-order valence-corrected chi connectivity index (χ3v) is 3.01. The summed E-state index contributed by atoms with van der Waals surface area (Å²) in [5.74, 6) is 0.211. The smallest absolute Gasteiger partial charge is 0.306 e. The molecule has 0 fully saturated rings. The summed E-state index contributed by atoms with van der Waals surface area (Å²) >= 11 is 0. The van der Waals surface area contributed by atoms with Crippen LogP contribution in [0.2, 0.25) is 0 Å². The lowest BCUT2D eigenvalue weighted by Gasteiger charge is -2.22. The van der Waals surface area contributed by atoms with Crippen molar-refractivity contribution in [2.24, 2.45) is 5.41 Å². The maximum absolute atomic E-state index is 11.9. The molecule has 2 N–H and O–H groups in total. The van der Waals surface area contributed by atoms with Gasteiger partial charge in [0.15, 0.2) is 0 Å². The predicted octanol–water partition coefficient (Wildman–Crippen LogP) is 1.37. The van der Waals surface area contributed by atoms with Gasteiger partial charge in [-0.2, -0.15) is 0 Å². The summed E-state index contributed by atoms with van der Waals surface area (Å²) in [6, 6.07) is 1.75. The van der Waals surface area contributed by atoms with Gasteiger partial charge in [-0.15, -0.1) is 0 Å². The van der Waals surface area contributed by atoms with Crippen LogP contribution in [0.15, 0.2) is 18.5 Å². The van der Waals surface area contributed by atoms with Crippen LogP contribution in [0.4, 0.5) is 5.95 Å². The number of amides is 1. The van der Waals surface area contributed by atoms with Crippen LogP contribution in [0.1, 0.15) is 33.1 Å². The molecule has 0 radical (unpaired) electrons. The summed E-state index contributed by atoms with van der Waals surface area (Å²) in [7, 11) is 1.35. The Bertz CT molecular complexity index is 477. The Kier molecular flexibility index (Phi) is 7.28. The number of nitrogens with one attached hydrogen (secondary N) is 2. The molecule has 1 rings (SSSR count). The Morgan fingerprint density at radius 1 is 1.18 bits per heavy atom. The van der Waals surface area contributed by atoms with E-state index in [0.717, 1.165) is 6.42 Å². The van der Waals surface area contributed by atoms with Crippen LogP contribution in [-0.4, -0.2) is 42.0 Å². The second-order valence-corrected chi connectivity index (χ2v) is 5.80. The first-order valence-electron chi connectivity index (χ1n) is 7.27. The first-order chi connectivity index (χ1) is 10.4. The maximum Gasteiger partial charge on any atom is 0.306 e. The molecule has 0 aliphatic rings. The fraction of sp³-hybridized carbons (Fsp3) is 0.600. The lowest BCUT2D eigenvalue weighted by Crippen LogP contribution is -2.31. The summed E-state index contributed by atoms with van der Waals surface area (Å²) < 4.78 is 4.63. The second kappa shape index (κ2) is 8.96. The fourth-order valence-electron chi connectivity index (χ4n) is 1.93. The molecule has 0 saturated heterocycles. The Balaban J connectivity index is 2.16. The van der Waals surface area contributed by atoms with Crippen LogP contribution < -0.4 is 10.6 Å². The lowest BCUT2D eigenvalue weighted by molar-refractivity contribution is -0.143. The molecule has 0 bridgehead atoms. The molecule has 1 aromatic rings. The van der Waals surface area contributed by atoms with E-state index < -0.39 is 5.41 Å². The van der Waals surface area contributed by atoms with Crippen molar-refractivity contribution in [2.45, 2.75) is 33.1 Å². The number of aromatic nitrogens is 2. The zero-order valence-corrected chi connectivity index (χ0v) is 13.4. The number of ether oxygens (including phenoxy) is 1. The van der Waals surface area contributed by atoms with E-state index in [1.807, 2.05) is 13.8 Å². The number of hydrogen-bond acceptors (Lipinski definition) is 6. The van der Waals surface area contributed by atoms with Crippen LogP contribution in [0.3, 0.4) is 0 Å². The van der Waals surface area contributed by atoms with Crippen molar-refractivity contribution in [3.8, 4) is 0 Å². The molecule has 0 unspecified atom stereocenters.